The predicted octanol–water partition coefficient (Wildman–Crippen LogP) is 3.39. The molecule has 5 atom stereocenters. The molecule has 0 aromatic carbocycles. The zero-order valence-corrected chi connectivity index (χ0v) is 53.3. The van der Waals surface area contributed by atoms with Crippen LogP contribution in [0.1, 0.15) is 28.7 Å². The van der Waals surface area contributed by atoms with Crippen LogP contribution in [0.15, 0.2) is 0 Å². The van der Waals surface area contributed by atoms with E-state index in [1.54, 1.807) is 11.8 Å². The maximum absolute atomic E-state index is 3.88. The van der Waals surface area contributed by atoms with Crippen molar-refractivity contribution in [2.24, 2.45) is 0 Å². The maximum Gasteiger partial charge on any atom is 0 e. The molecule has 0 aromatic heterocycles. The van der Waals surface area contributed by atoms with Gasteiger partial charge in [-0.2, -0.15) is 13.8 Å². The quantitative estimate of drug-likeness (QED) is 0.304. The van der Waals surface area contributed by atoms with Gasteiger partial charge in [-0.25, -0.2) is 0 Å². The summed E-state index contributed by atoms with van der Waals surface area (Å²) >= 11 is 0. The van der Waals surface area contributed by atoms with Crippen LogP contribution in [-0.2, 0) is 164 Å². The van der Waals surface area contributed by atoms with Crippen LogP contribution in [0.4, 0.5) is 0 Å². The van der Waals surface area contributed by atoms with Crippen molar-refractivity contribution < 1.29 is 164 Å². The minimum Gasteiger partial charge on any atom is -0.361 e. The Hall–Kier alpha value is 5.12. The fourth-order valence-corrected chi connectivity index (χ4v) is 7.20. The molecular formula is C44H92N10Y5-10. The van der Waals surface area contributed by atoms with Crippen LogP contribution in [0.25, 0.3) is 0 Å². The van der Waals surface area contributed by atoms with Crippen molar-refractivity contribution >= 4 is 0 Å². The molecule has 5 heterocycles. The van der Waals surface area contributed by atoms with E-state index in [1.807, 2.05) is 0 Å². The second-order valence-electron chi connectivity index (χ2n) is 16.1. The molecule has 0 bridgehead atoms. The molecule has 5 aliphatic heterocycles. The Labute approximate surface area is 498 Å². The van der Waals surface area contributed by atoms with Crippen LogP contribution < -0.4 is 0 Å². The standard InChI is InChI=1S/2C9H18N2.3C8H16N2.2CH4.5Y/c2*1-5-11(4)9-7-10(3)6-8(9)2;3*1-4-10(3)8-5-6-9(2)7-8;;;;;;;/h2*9H,1,5-7H2,2-4H3;3*5,8H,1,4,6-7H2,2-3H3;2*1H4;;;;;/q5*-2;;;;;;;. The number of hydrogen-bond donors (Lipinski definition) is 0. The Morgan fingerprint density at radius 1 is 0.424 bits per heavy atom. The second kappa shape index (κ2) is 44.3. The van der Waals surface area contributed by atoms with E-state index in [9.17, 15) is 0 Å². The molecule has 5 unspecified atom stereocenters. The smallest absolute Gasteiger partial charge is 0 e. The Kier molecular flexibility index (Phi) is 58.8. The molecule has 343 valence electrons. The average Bonchev–Trinajstić information content (AvgIpc) is 3.98. The van der Waals surface area contributed by atoms with E-state index in [4.69, 9.17) is 0 Å². The molecule has 0 saturated carbocycles. The fraction of sp³-hybridized carbons (Fsp3) is 0.773. The summed E-state index contributed by atoms with van der Waals surface area (Å²) in [7, 11) is 21.4. The Balaban J connectivity index is -0.000000111. The summed E-state index contributed by atoms with van der Waals surface area (Å²) in [6.07, 6.45) is 7.02. The largest absolute Gasteiger partial charge is 0.361 e. The number of nitrogens with zero attached hydrogens (tertiary/aromatic N) is 10. The average molecular weight is 1210 g/mol. The Morgan fingerprint density at radius 2 is 0.644 bits per heavy atom. The molecule has 5 radical (unpaired) electrons. The summed E-state index contributed by atoms with van der Waals surface area (Å²) in [6, 6.07) is 3.16. The van der Waals surface area contributed by atoms with Crippen LogP contribution in [0.2, 0.25) is 0 Å². The summed E-state index contributed by atoms with van der Waals surface area (Å²) in [5.41, 5.74) is 0. The molecule has 0 aliphatic carbocycles. The van der Waals surface area contributed by atoms with Crippen molar-refractivity contribution in [1.82, 2.24) is 49.0 Å². The predicted molar refractivity (Wildman–Crippen MR) is 241 cm³/mol. The molecule has 5 saturated heterocycles. The summed E-state index contributed by atoms with van der Waals surface area (Å²) < 4.78 is 0. The van der Waals surface area contributed by atoms with E-state index in [0.717, 1.165) is 98.2 Å². The molecule has 10 nitrogen and oxygen atoms in total. The molecule has 5 rings (SSSR count). The minimum atomic E-state index is 0. The van der Waals surface area contributed by atoms with Crippen molar-refractivity contribution in [2.75, 3.05) is 169 Å². The van der Waals surface area contributed by atoms with Gasteiger partial charge in [0.05, 0.1) is 0 Å². The van der Waals surface area contributed by atoms with Crippen LogP contribution in [0, 0.1) is 65.7 Å². The molecule has 59 heavy (non-hydrogen) atoms. The van der Waals surface area contributed by atoms with Crippen LogP contribution in [-0.4, -0.2) is 248 Å². The molecule has 5 fully saturated rings. The zero-order valence-electron chi connectivity index (χ0n) is 39.1. The normalized spacial score (nSPS) is 25.0. The van der Waals surface area contributed by atoms with E-state index in [1.165, 1.54) is 0 Å². The van der Waals surface area contributed by atoms with Gasteiger partial charge < -0.3 is 83.6 Å². The topological polar surface area (TPSA) is 32.4 Å². The SMILES string of the molecule is C.C.[CH2-]CN(C)C1CN(C)C[C-]1C.[CH2-]CN(C)C1CN(C)C[C-]1C.[CH2-]CN(C)C1[CH-]CN(C)C1.[CH2-]CN(C)C1[CH-]CN(C)C1.[CH2-]CN(C)C1[CH-]CN(C)C1.[Y].[Y].[Y].[Y].[Y]. The van der Waals surface area contributed by atoms with E-state index >= 15 is 0 Å². The van der Waals surface area contributed by atoms with Gasteiger partial charge in [-0.05, 0) is 103 Å². The Bertz CT molecular complexity index is 805. The van der Waals surface area contributed by atoms with Gasteiger partial charge in [0.15, 0.2) is 0 Å². The van der Waals surface area contributed by atoms with E-state index in [2.05, 4.69) is 187 Å². The fourth-order valence-electron chi connectivity index (χ4n) is 7.20. The first kappa shape index (κ1) is 78.3. The first-order valence-corrected chi connectivity index (χ1v) is 19.6. The summed E-state index contributed by atoms with van der Waals surface area (Å²) in [4.78, 5) is 23.1. The number of likely N-dealkylation sites (N-methyl/N-ethyl adjacent to an activating group) is 10. The van der Waals surface area contributed by atoms with Crippen LogP contribution in [0.3, 0.4) is 0 Å². The van der Waals surface area contributed by atoms with Gasteiger partial charge in [0.25, 0.3) is 0 Å². The molecule has 5 aliphatic rings. The van der Waals surface area contributed by atoms with Gasteiger partial charge in [0.2, 0.25) is 0 Å². The summed E-state index contributed by atoms with van der Waals surface area (Å²) in [5.74, 6) is 3.14. The summed E-state index contributed by atoms with van der Waals surface area (Å²) in [5, 5.41) is 0. The Morgan fingerprint density at radius 3 is 0.780 bits per heavy atom. The van der Waals surface area contributed by atoms with Gasteiger partial charge >= 0.3 is 0 Å². The molecular weight excluding hydrogens is 1110 g/mol. The van der Waals surface area contributed by atoms with E-state index < -0.39 is 0 Å². The van der Waals surface area contributed by atoms with Gasteiger partial charge in [0, 0.05) is 164 Å². The summed E-state index contributed by atoms with van der Waals surface area (Å²) in [6.45, 7) is 39.7. The zero-order chi connectivity index (χ0) is 39.5. The van der Waals surface area contributed by atoms with Crippen molar-refractivity contribution in [1.29, 1.82) is 0 Å². The van der Waals surface area contributed by atoms with Crippen LogP contribution in [0.5, 0.6) is 0 Å². The third kappa shape index (κ3) is 31.8. The molecule has 15 heteroatoms. The van der Waals surface area contributed by atoms with Crippen molar-refractivity contribution in [3.8, 4) is 0 Å². The molecule has 0 amide bonds. The monoisotopic (exact) mass is 1210 g/mol. The van der Waals surface area contributed by atoms with Gasteiger partial charge in [0.1, 0.15) is 0 Å². The molecule has 0 N–H and O–H groups in total. The van der Waals surface area contributed by atoms with Crippen molar-refractivity contribution in [3.05, 3.63) is 65.7 Å². The minimum absolute atomic E-state index is 0. The van der Waals surface area contributed by atoms with Crippen molar-refractivity contribution in [2.45, 2.75) is 58.9 Å². The van der Waals surface area contributed by atoms with E-state index in [0.29, 0.717) is 30.2 Å². The maximum atomic E-state index is 3.88. The molecule has 0 spiro atoms. The first-order valence-electron chi connectivity index (χ1n) is 19.6. The second-order valence-corrected chi connectivity index (χ2v) is 16.1. The van der Waals surface area contributed by atoms with Gasteiger partial charge in [-0.1, -0.05) is 14.9 Å². The first-order chi connectivity index (χ1) is 24.5. The number of hydrogen-bond acceptors (Lipinski definition) is 10. The van der Waals surface area contributed by atoms with Crippen LogP contribution >= 0.6 is 0 Å². The van der Waals surface area contributed by atoms with E-state index in [-0.39, 0.29) is 178 Å². The number of likely N-dealkylation sites (tertiary alicyclic amines) is 5. The third-order valence-corrected chi connectivity index (χ3v) is 11.2. The van der Waals surface area contributed by atoms with Gasteiger partial charge in [-0.15, -0.1) is 95.7 Å². The van der Waals surface area contributed by atoms with Gasteiger partial charge in [-0.3, -0.25) is 31.1 Å². The van der Waals surface area contributed by atoms with Crippen molar-refractivity contribution in [3.63, 3.8) is 0 Å². The number of rotatable bonds is 10. The third-order valence-electron chi connectivity index (χ3n) is 11.2. The molecule has 0 aromatic rings.